The van der Waals surface area contributed by atoms with Crippen molar-refractivity contribution in [3.8, 4) is 0 Å². The standard InChI is InChI=1S/C18H22O3/c1-2-17(19)16(18(20)21)9-5-6-13-10-11-14-7-3-4-8-15(14)12-13/h3-4,7-8,10-12,16-17,19H,2,5-6,9H2,1H3,(H,20,21). The van der Waals surface area contributed by atoms with Crippen molar-refractivity contribution in [2.45, 2.75) is 38.7 Å². The maximum absolute atomic E-state index is 11.2. The fraction of sp³-hybridized carbons (Fsp3) is 0.389. The normalized spacial score (nSPS) is 14.0. The largest absolute Gasteiger partial charge is 0.481 e. The molecule has 2 atom stereocenters. The molecule has 0 aliphatic carbocycles. The molecule has 3 heteroatoms. The van der Waals surface area contributed by atoms with Gasteiger partial charge in [-0.2, -0.15) is 0 Å². The van der Waals surface area contributed by atoms with Crippen LogP contribution in [-0.2, 0) is 11.2 Å². The summed E-state index contributed by atoms with van der Waals surface area (Å²) in [5.74, 6) is -1.56. The first-order valence-electron chi connectivity index (χ1n) is 7.50. The van der Waals surface area contributed by atoms with Gasteiger partial charge in [-0.3, -0.25) is 4.79 Å². The summed E-state index contributed by atoms with van der Waals surface area (Å²) in [6, 6.07) is 14.5. The third-order valence-electron chi connectivity index (χ3n) is 3.99. The van der Waals surface area contributed by atoms with Gasteiger partial charge in [0.25, 0.3) is 0 Å². The van der Waals surface area contributed by atoms with Gasteiger partial charge in [-0.1, -0.05) is 49.4 Å². The van der Waals surface area contributed by atoms with E-state index in [1.807, 2.05) is 19.1 Å². The van der Waals surface area contributed by atoms with Crippen LogP contribution in [0.5, 0.6) is 0 Å². The van der Waals surface area contributed by atoms with Crippen molar-refractivity contribution in [3.05, 3.63) is 48.0 Å². The zero-order valence-electron chi connectivity index (χ0n) is 12.3. The van der Waals surface area contributed by atoms with E-state index in [1.54, 1.807) is 0 Å². The van der Waals surface area contributed by atoms with E-state index in [1.165, 1.54) is 16.3 Å². The van der Waals surface area contributed by atoms with Crippen molar-refractivity contribution < 1.29 is 15.0 Å². The smallest absolute Gasteiger partial charge is 0.309 e. The van der Waals surface area contributed by atoms with Crippen LogP contribution >= 0.6 is 0 Å². The minimum atomic E-state index is -0.900. The minimum absolute atomic E-state index is 0.479. The number of benzene rings is 2. The van der Waals surface area contributed by atoms with Gasteiger partial charge in [-0.05, 0) is 42.0 Å². The Kier molecular flexibility index (Phi) is 5.34. The van der Waals surface area contributed by atoms with Gasteiger partial charge in [0.15, 0.2) is 0 Å². The predicted octanol–water partition coefficient (Wildman–Crippen LogP) is 3.63. The Hall–Kier alpha value is -1.87. The molecule has 2 unspecified atom stereocenters. The van der Waals surface area contributed by atoms with E-state index in [0.29, 0.717) is 12.8 Å². The second-order valence-electron chi connectivity index (χ2n) is 5.49. The number of aryl methyl sites for hydroxylation is 1. The summed E-state index contributed by atoms with van der Waals surface area (Å²) in [5.41, 5.74) is 1.21. The highest BCUT2D eigenvalue weighted by atomic mass is 16.4. The first-order valence-corrected chi connectivity index (χ1v) is 7.50. The summed E-state index contributed by atoms with van der Waals surface area (Å²) < 4.78 is 0. The van der Waals surface area contributed by atoms with Gasteiger partial charge < -0.3 is 10.2 Å². The van der Waals surface area contributed by atoms with Gasteiger partial charge >= 0.3 is 5.97 Å². The van der Waals surface area contributed by atoms with Crippen molar-refractivity contribution in [3.63, 3.8) is 0 Å². The molecule has 112 valence electrons. The molecule has 0 heterocycles. The Morgan fingerprint density at radius 2 is 1.86 bits per heavy atom. The van der Waals surface area contributed by atoms with Crippen molar-refractivity contribution in [1.82, 2.24) is 0 Å². The van der Waals surface area contributed by atoms with E-state index in [0.717, 1.165) is 12.8 Å². The third-order valence-corrected chi connectivity index (χ3v) is 3.99. The maximum Gasteiger partial charge on any atom is 0.309 e. The number of carboxylic acid groups (broad SMARTS) is 1. The van der Waals surface area contributed by atoms with Gasteiger partial charge in [-0.15, -0.1) is 0 Å². The van der Waals surface area contributed by atoms with Gasteiger partial charge in [0.05, 0.1) is 12.0 Å². The average Bonchev–Trinajstić information content (AvgIpc) is 2.50. The maximum atomic E-state index is 11.2. The van der Waals surface area contributed by atoms with Crippen molar-refractivity contribution in [2.75, 3.05) is 0 Å². The van der Waals surface area contributed by atoms with E-state index in [9.17, 15) is 9.90 Å². The molecule has 0 amide bonds. The monoisotopic (exact) mass is 286 g/mol. The lowest BCUT2D eigenvalue weighted by Crippen LogP contribution is -2.27. The van der Waals surface area contributed by atoms with E-state index < -0.39 is 18.0 Å². The molecule has 2 aromatic rings. The molecule has 0 saturated carbocycles. The van der Waals surface area contributed by atoms with E-state index in [4.69, 9.17) is 5.11 Å². The molecule has 0 aliphatic heterocycles. The molecule has 0 aliphatic rings. The highest BCUT2D eigenvalue weighted by Gasteiger charge is 2.24. The SMILES string of the molecule is CCC(O)C(CCCc1ccc2ccccc2c1)C(=O)O. The molecular formula is C18H22O3. The number of rotatable bonds is 7. The van der Waals surface area contributed by atoms with Crippen LogP contribution in [0.1, 0.15) is 31.7 Å². The molecule has 2 N–H and O–H groups in total. The zero-order chi connectivity index (χ0) is 15.2. The molecule has 0 radical (unpaired) electrons. The number of aliphatic hydroxyl groups excluding tert-OH is 1. The summed E-state index contributed by atoms with van der Waals surface area (Å²) in [5, 5.41) is 21.3. The van der Waals surface area contributed by atoms with Crippen LogP contribution in [0.2, 0.25) is 0 Å². The predicted molar refractivity (Wildman–Crippen MR) is 84.3 cm³/mol. The summed E-state index contributed by atoms with van der Waals surface area (Å²) in [4.78, 5) is 11.2. The van der Waals surface area contributed by atoms with Crippen LogP contribution in [-0.4, -0.2) is 22.3 Å². The number of carbonyl (C=O) groups is 1. The molecule has 2 aromatic carbocycles. The molecule has 21 heavy (non-hydrogen) atoms. The Morgan fingerprint density at radius 3 is 2.52 bits per heavy atom. The minimum Gasteiger partial charge on any atom is -0.481 e. The molecule has 2 rings (SSSR count). The summed E-state index contributed by atoms with van der Waals surface area (Å²) in [7, 11) is 0. The first kappa shape index (κ1) is 15.5. The number of hydrogen-bond acceptors (Lipinski definition) is 2. The molecule has 0 spiro atoms. The lowest BCUT2D eigenvalue weighted by molar-refractivity contribution is -0.146. The van der Waals surface area contributed by atoms with E-state index in [2.05, 4.69) is 30.3 Å². The molecule has 0 fully saturated rings. The van der Waals surface area contributed by atoms with Crippen molar-refractivity contribution in [1.29, 1.82) is 0 Å². The Balaban J connectivity index is 1.96. The fourth-order valence-corrected chi connectivity index (χ4v) is 2.69. The highest BCUT2D eigenvalue weighted by molar-refractivity contribution is 5.82. The van der Waals surface area contributed by atoms with Gasteiger partial charge in [0, 0.05) is 0 Å². The van der Waals surface area contributed by atoms with Crippen molar-refractivity contribution in [2.24, 2.45) is 5.92 Å². The molecule has 0 saturated heterocycles. The number of aliphatic hydroxyl groups is 1. The van der Waals surface area contributed by atoms with Gasteiger partial charge in [-0.25, -0.2) is 0 Å². The Labute approximate surface area is 125 Å². The molecular weight excluding hydrogens is 264 g/mol. The van der Waals surface area contributed by atoms with Gasteiger partial charge in [0.2, 0.25) is 0 Å². The van der Waals surface area contributed by atoms with Crippen LogP contribution in [0.4, 0.5) is 0 Å². The second-order valence-corrected chi connectivity index (χ2v) is 5.49. The van der Waals surface area contributed by atoms with E-state index >= 15 is 0 Å². The van der Waals surface area contributed by atoms with Crippen LogP contribution in [0.25, 0.3) is 10.8 Å². The molecule has 0 bridgehead atoms. The molecule has 3 nitrogen and oxygen atoms in total. The van der Waals surface area contributed by atoms with Crippen LogP contribution in [0.3, 0.4) is 0 Å². The average molecular weight is 286 g/mol. The third kappa shape index (κ3) is 4.05. The van der Waals surface area contributed by atoms with Crippen LogP contribution < -0.4 is 0 Å². The quantitative estimate of drug-likeness (QED) is 0.817. The highest BCUT2D eigenvalue weighted by Crippen LogP contribution is 2.20. The summed E-state index contributed by atoms with van der Waals surface area (Å²) in [6.07, 6.45) is 1.85. The lowest BCUT2D eigenvalue weighted by atomic mass is 9.93. The molecule has 0 aromatic heterocycles. The first-order chi connectivity index (χ1) is 10.1. The number of fused-ring (bicyclic) bond motifs is 1. The number of aliphatic carboxylic acids is 1. The number of hydrogen-bond donors (Lipinski definition) is 2. The summed E-state index contributed by atoms with van der Waals surface area (Å²) in [6.45, 7) is 1.81. The Morgan fingerprint density at radius 1 is 1.14 bits per heavy atom. The van der Waals surface area contributed by atoms with Crippen LogP contribution in [0.15, 0.2) is 42.5 Å². The number of carboxylic acids is 1. The van der Waals surface area contributed by atoms with Crippen molar-refractivity contribution >= 4 is 16.7 Å². The zero-order valence-corrected chi connectivity index (χ0v) is 12.3. The summed E-state index contributed by atoms with van der Waals surface area (Å²) >= 11 is 0. The van der Waals surface area contributed by atoms with Gasteiger partial charge in [0.1, 0.15) is 0 Å². The van der Waals surface area contributed by atoms with E-state index in [-0.39, 0.29) is 0 Å². The topological polar surface area (TPSA) is 57.5 Å². The Bertz CT molecular complexity index is 606. The van der Waals surface area contributed by atoms with Crippen LogP contribution in [0, 0.1) is 5.92 Å². The fourth-order valence-electron chi connectivity index (χ4n) is 2.69. The second kappa shape index (κ2) is 7.23. The lowest BCUT2D eigenvalue weighted by Gasteiger charge is -2.17.